The Hall–Kier alpha value is -3.15. The van der Waals surface area contributed by atoms with Crippen LogP contribution in [0.15, 0.2) is 55.2 Å². The fraction of sp³-hybridized carbons (Fsp3) is 0.375. The van der Waals surface area contributed by atoms with E-state index in [1.165, 1.54) is 24.0 Å². The minimum absolute atomic E-state index is 0.609. The van der Waals surface area contributed by atoms with Crippen molar-refractivity contribution >= 4 is 11.3 Å². The average Bonchev–Trinajstić information content (AvgIpc) is 3.33. The number of nitrogens with zero attached hydrogens (tertiary/aromatic N) is 6. The van der Waals surface area contributed by atoms with E-state index in [0.29, 0.717) is 5.92 Å². The molecule has 0 saturated carbocycles. The molecule has 1 atom stereocenters. The lowest BCUT2D eigenvalue weighted by Gasteiger charge is -2.40. The Bertz CT molecular complexity index is 1150. The van der Waals surface area contributed by atoms with Gasteiger partial charge in [-0.1, -0.05) is 36.8 Å². The van der Waals surface area contributed by atoms with Gasteiger partial charge < -0.3 is 4.90 Å². The summed E-state index contributed by atoms with van der Waals surface area (Å²) >= 11 is 0. The molecule has 0 unspecified atom stereocenters. The first-order valence-corrected chi connectivity index (χ1v) is 10.7. The maximum atomic E-state index is 4.60. The van der Waals surface area contributed by atoms with E-state index in [1.807, 2.05) is 28.6 Å². The van der Waals surface area contributed by atoms with Gasteiger partial charge >= 0.3 is 0 Å². The first-order valence-electron chi connectivity index (χ1n) is 10.7. The largest absolute Gasteiger partial charge is 0.354 e. The third-order valence-electron chi connectivity index (χ3n) is 6.33. The van der Waals surface area contributed by atoms with Crippen LogP contribution in [0.25, 0.3) is 16.6 Å². The highest BCUT2D eigenvalue weighted by Crippen LogP contribution is 2.33. The topological polar surface area (TPSA) is 51.3 Å². The molecule has 1 fully saturated rings. The second kappa shape index (κ2) is 7.59. The van der Waals surface area contributed by atoms with E-state index in [2.05, 4.69) is 70.5 Å². The van der Waals surface area contributed by atoms with E-state index in [9.17, 15) is 0 Å². The molecule has 6 nitrogen and oxygen atoms in total. The minimum atomic E-state index is 0.609. The summed E-state index contributed by atoms with van der Waals surface area (Å²) in [7, 11) is 1.93. The number of aryl methyl sites for hydroxylation is 2. The lowest BCUT2D eigenvalue weighted by atomic mass is 9.88. The van der Waals surface area contributed by atoms with Gasteiger partial charge in [0.1, 0.15) is 11.8 Å². The van der Waals surface area contributed by atoms with Crippen molar-refractivity contribution in [1.29, 1.82) is 0 Å². The highest BCUT2D eigenvalue weighted by Gasteiger charge is 2.29. The molecule has 154 valence electrons. The molecule has 0 radical (unpaired) electrons. The van der Waals surface area contributed by atoms with Crippen LogP contribution in [0.2, 0.25) is 0 Å². The van der Waals surface area contributed by atoms with Gasteiger partial charge in [-0.15, -0.1) is 0 Å². The van der Waals surface area contributed by atoms with E-state index in [4.69, 9.17) is 0 Å². The molecule has 0 N–H and O–H groups in total. The zero-order valence-electron chi connectivity index (χ0n) is 17.9. The number of rotatable bonds is 6. The molecule has 0 aliphatic carbocycles. The first kappa shape index (κ1) is 18.9. The van der Waals surface area contributed by atoms with Gasteiger partial charge in [0.25, 0.3) is 0 Å². The lowest BCUT2D eigenvalue weighted by Crippen LogP contribution is -2.47. The Labute approximate surface area is 177 Å². The molecule has 0 amide bonds. The van der Waals surface area contributed by atoms with Crippen LogP contribution in [0, 0.1) is 12.8 Å². The zero-order chi connectivity index (χ0) is 20.7. The molecular weight excluding hydrogens is 372 g/mol. The molecule has 4 aromatic rings. The Balaban J connectivity index is 1.23. The van der Waals surface area contributed by atoms with Crippen LogP contribution in [0.1, 0.15) is 36.8 Å². The van der Waals surface area contributed by atoms with Gasteiger partial charge in [-0.3, -0.25) is 4.68 Å². The van der Waals surface area contributed by atoms with Gasteiger partial charge in [0, 0.05) is 43.7 Å². The molecule has 1 aliphatic heterocycles. The molecule has 30 heavy (non-hydrogen) atoms. The normalized spacial score (nSPS) is 15.5. The SMILES string of the molecule is Cc1ccc([C@@H](C)CCC2CN(c3ncnn4cc(-c5cnn(C)c5)cc34)C2)cc1. The Kier molecular flexibility index (Phi) is 4.77. The summed E-state index contributed by atoms with van der Waals surface area (Å²) in [6.07, 6.45) is 10.1. The molecule has 0 bridgehead atoms. The van der Waals surface area contributed by atoms with Gasteiger partial charge in [-0.25, -0.2) is 9.50 Å². The maximum Gasteiger partial charge on any atom is 0.156 e. The summed E-state index contributed by atoms with van der Waals surface area (Å²) in [6.45, 7) is 6.63. The van der Waals surface area contributed by atoms with Crippen molar-refractivity contribution < 1.29 is 0 Å². The molecular formula is C24H28N6. The third kappa shape index (κ3) is 3.58. The van der Waals surface area contributed by atoms with Crippen LogP contribution in [0.4, 0.5) is 5.82 Å². The molecule has 1 aliphatic rings. The van der Waals surface area contributed by atoms with Gasteiger partial charge in [0.2, 0.25) is 0 Å². The number of anilines is 1. The highest BCUT2D eigenvalue weighted by molar-refractivity contribution is 5.77. The summed E-state index contributed by atoms with van der Waals surface area (Å²) < 4.78 is 3.75. The monoisotopic (exact) mass is 400 g/mol. The van der Waals surface area contributed by atoms with Crippen molar-refractivity contribution in [2.75, 3.05) is 18.0 Å². The van der Waals surface area contributed by atoms with Crippen LogP contribution in [-0.4, -0.2) is 37.5 Å². The molecule has 3 aromatic heterocycles. The van der Waals surface area contributed by atoms with E-state index in [-0.39, 0.29) is 0 Å². The zero-order valence-corrected chi connectivity index (χ0v) is 17.9. The molecule has 5 rings (SSSR count). The molecule has 6 heteroatoms. The van der Waals surface area contributed by atoms with Crippen LogP contribution in [0.3, 0.4) is 0 Å². The van der Waals surface area contributed by atoms with Gasteiger partial charge in [0.15, 0.2) is 5.82 Å². The number of fused-ring (bicyclic) bond motifs is 1. The number of hydrogen-bond donors (Lipinski definition) is 0. The lowest BCUT2D eigenvalue weighted by molar-refractivity contribution is 0.362. The van der Waals surface area contributed by atoms with E-state index in [1.54, 1.807) is 6.33 Å². The highest BCUT2D eigenvalue weighted by atomic mass is 15.3. The van der Waals surface area contributed by atoms with Crippen molar-refractivity contribution in [3.05, 3.63) is 66.4 Å². The molecule has 4 heterocycles. The second-order valence-electron chi connectivity index (χ2n) is 8.71. The van der Waals surface area contributed by atoms with E-state index < -0.39 is 0 Å². The van der Waals surface area contributed by atoms with Gasteiger partial charge in [0.05, 0.1) is 6.20 Å². The van der Waals surface area contributed by atoms with Crippen molar-refractivity contribution in [1.82, 2.24) is 24.4 Å². The Morgan fingerprint density at radius 3 is 2.60 bits per heavy atom. The summed E-state index contributed by atoms with van der Waals surface area (Å²) in [5, 5.41) is 8.69. The van der Waals surface area contributed by atoms with Gasteiger partial charge in [-0.2, -0.15) is 10.2 Å². The van der Waals surface area contributed by atoms with Crippen LogP contribution in [0.5, 0.6) is 0 Å². The number of hydrogen-bond acceptors (Lipinski definition) is 4. The quantitative estimate of drug-likeness (QED) is 0.480. The van der Waals surface area contributed by atoms with Crippen molar-refractivity contribution in [3.63, 3.8) is 0 Å². The Morgan fingerprint density at radius 2 is 1.87 bits per heavy atom. The standard InChI is InChI=1S/C24H28N6/c1-17-4-8-20(9-5-17)18(2)6-7-19-12-29(13-19)24-23-10-21(15-30(23)27-16-25-24)22-11-26-28(3)14-22/h4-5,8-11,14-16,18-19H,6-7,12-13H2,1-3H3/t18-/m0/s1. The predicted octanol–water partition coefficient (Wildman–Crippen LogP) is 4.46. The fourth-order valence-corrected chi connectivity index (χ4v) is 4.36. The predicted molar refractivity (Wildman–Crippen MR) is 120 cm³/mol. The average molecular weight is 401 g/mol. The maximum absolute atomic E-state index is 4.60. The fourth-order valence-electron chi connectivity index (χ4n) is 4.36. The second-order valence-corrected chi connectivity index (χ2v) is 8.71. The van der Waals surface area contributed by atoms with Gasteiger partial charge in [-0.05, 0) is 43.2 Å². The summed E-state index contributed by atoms with van der Waals surface area (Å²) in [4.78, 5) is 6.98. The third-order valence-corrected chi connectivity index (χ3v) is 6.33. The molecule has 0 spiro atoms. The van der Waals surface area contributed by atoms with Crippen molar-refractivity contribution in [2.45, 2.75) is 32.6 Å². The minimum Gasteiger partial charge on any atom is -0.354 e. The van der Waals surface area contributed by atoms with Crippen LogP contribution in [-0.2, 0) is 7.05 Å². The summed E-state index contributed by atoms with van der Waals surface area (Å²) in [5.74, 6) is 2.38. The number of aromatic nitrogens is 5. The first-order chi connectivity index (χ1) is 14.6. The van der Waals surface area contributed by atoms with Crippen LogP contribution >= 0.6 is 0 Å². The summed E-state index contributed by atoms with van der Waals surface area (Å²) in [6, 6.07) is 11.1. The van der Waals surface area contributed by atoms with E-state index in [0.717, 1.165) is 41.5 Å². The van der Waals surface area contributed by atoms with E-state index >= 15 is 0 Å². The van der Waals surface area contributed by atoms with Crippen molar-refractivity contribution in [2.24, 2.45) is 13.0 Å². The number of benzene rings is 1. The molecule has 1 saturated heterocycles. The molecule has 1 aromatic carbocycles. The van der Waals surface area contributed by atoms with Crippen LogP contribution < -0.4 is 4.90 Å². The smallest absolute Gasteiger partial charge is 0.156 e. The van der Waals surface area contributed by atoms with Crippen molar-refractivity contribution in [3.8, 4) is 11.1 Å². The summed E-state index contributed by atoms with van der Waals surface area (Å²) in [5.41, 5.74) is 6.05. The Morgan fingerprint density at radius 1 is 1.07 bits per heavy atom.